The zero-order chi connectivity index (χ0) is 10.1. The maximum absolute atomic E-state index is 9.28. The second-order valence-electron chi connectivity index (χ2n) is 2.97. The lowest BCUT2D eigenvalue weighted by atomic mass is 10.2. The van der Waals surface area contributed by atoms with E-state index < -0.39 is 0 Å². The standard InChI is InChI=1S/C9H10N4O/c1-13-8(11-9(10)12-13)6-3-2-4-7(14)5-6/h2-5,14H,1H3,(H2,10,12). The van der Waals surface area contributed by atoms with Gasteiger partial charge in [0.15, 0.2) is 5.82 Å². The van der Waals surface area contributed by atoms with E-state index in [1.165, 1.54) is 0 Å². The summed E-state index contributed by atoms with van der Waals surface area (Å²) in [5, 5.41) is 13.2. The molecule has 0 aliphatic rings. The molecule has 72 valence electrons. The van der Waals surface area contributed by atoms with Gasteiger partial charge >= 0.3 is 0 Å². The molecule has 5 heteroatoms. The van der Waals surface area contributed by atoms with Crippen LogP contribution in [0, 0.1) is 0 Å². The molecule has 2 rings (SSSR count). The smallest absolute Gasteiger partial charge is 0.240 e. The number of aryl methyl sites for hydroxylation is 1. The molecule has 0 fully saturated rings. The molecule has 14 heavy (non-hydrogen) atoms. The normalized spacial score (nSPS) is 10.4. The number of phenols is 1. The van der Waals surface area contributed by atoms with Crippen molar-refractivity contribution in [3.05, 3.63) is 24.3 Å². The molecule has 0 bridgehead atoms. The molecule has 0 aliphatic carbocycles. The third-order valence-electron chi connectivity index (χ3n) is 1.88. The molecule has 0 saturated heterocycles. The number of phenolic OH excluding ortho intramolecular Hbond substituents is 1. The molecule has 3 N–H and O–H groups in total. The average Bonchev–Trinajstić information content (AvgIpc) is 2.45. The fourth-order valence-electron chi connectivity index (χ4n) is 1.30. The van der Waals surface area contributed by atoms with E-state index in [0.717, 1.165) is 5.56 Å². The number of aromatic nitrogens is 3. The Bertz CT molecular complexity index is 464. The Morgan fingerprint density at radius 2 is 2.21 bits per heavy atom. The minimum atomic E-state index is 0.198. The first-order valence-corrected chi connectivity index (χ1v) is 4.13. The van der Waals surface area contributed by atoms with Crippen LogP contribution in [0.3, 0.4) is 0 Å². The number of nitrogen functional groups attached to an aromatic ring is 1. The Labute approximate surface area is 80.8 Å². The van der Waals surface area contributed by atoms with E-state index in [-0.39, 0.29) is 11.7 Å². The molecular weight excluding hydrogens is 180 g/mol. The fourth-order valence-corrected chi connectivity index (χ4v) is 1.30. The van der Waals surface area contributed by atoms with Crippen molar-refractivity contribution in [3.8, 4) is 17.1 Å². The van der Waals surface area contributed by atoms with Crippen LogP contribution in [0.5, 0.6) is 5.75 Å². The Hall–Kier alpha value is -2.04. The van der Waals surface area contributed by atoms with Crippen molar-refractivity contribution in [2.45, 2.75) is 0 Å². The van der Waals surface area contributed by atoms with Crippen LogP contribution in [-0.2, 0) is 7.05 Å². The van der Waals surface area contributed by atoms with Crippen LogP contribution in [0.25, 0.3) is 11.4 Å². The van der Waals surface area contributed by atoms with Crippen LogP contribution >= 0.6 is 0 Å². The van der Waals surface area contributed by atoms with Gasteiger partial charge in [0.1, 0.15) is 5.75 Å². The highest BCUT2D eigenvalue weighted by Crippen LogP contribution is 2.21. The van der Waals surface area contributed by atoms with Gasteiger partial charge in [-0.1, -0.05) is 12.1 Å². The second kappa shape index (κ2) is 3.02. The topological polar surface area (TPSA) is 77.0 Å². The van der Waals surface area contributed by atoms with Gasteiger partial charge in [0.2, 0.25) is 5.95 Å². The van der Waals surface area contributed by atoms with Crippen LogP contribution in [0.4, 0.5) is 5.95 Å². The average molecular weight is 190 g/mol. The predicted octanol–water partition coefficient (Wildman–Crippen LogP) is 0.770. The van der Waals surface area contributed by atoms with Crippen molar-refractivity contribution < 1.29 is 5.11 Å². The number of hydrogen-bond acceptors (Lipinski definition) is 4. The summed E-state index contributed by atoms with van der Waals surface area (Å²) >= 11 is 0. The summed E-state index contributed by atoms with van der Waals surface area (Å²) in [4.78, 5) is 4.04. The van der Waals surface area contributed by atoms with Gasteiger partial charge in [-0.25, -0.2) is 4.68 Å². The summed E-state index contributed by atoms with van der Waals surface area (Å²) in [5.41, 5.74) is 6.24. The van der Waals surface area contributed by atoms with Gasteiger partial charge in [-0.2, -0.15) is 4.98 Å². The van der Waals surface area contributed by atoms with Crippen molar-refractivity contribution in [1.29, 1.82) is 0 Å². The molecule has 1 aromatic carbocycles. The van der Waals surface area contributed by atoms with E-state index >= 15 is 0 Å². The van der Waals surface area contributed by atoms with Crippen LogP contribution < -0.4 is 5.73 Å². The molecule has 1 heterocycles. The molecule has 0 aliphatic heterocycles. The SMILES string of the molecule is Cn1nc(N)nc1-c1cccc(O)c1. The summed E-state index contributed by atoms with van der Waals surface area (Å²) in [6, 6.07) is 6.80. The molecule has 0 spiro atoms. The Morgan fingerprint density at radius 3 is 2.79 bits per heavy atom. The summed E-state index contributed by atoms with van der Waals surface area (Å²) in [6.45, 7) is 0. The molecular formula is C9H10N4O. The number of nitrogens with zero attached hydrogens (tertiary/aromatic N) is 3. The number of rotatable bonds is 1. The largest absolute Gasteiger partial charge is 0.508 e. The lowest BCUT2D eigenvalue weighted by Crippen LogP contribution is -1.94. The van der Waals surface area contributed by atoms with E-state index in [4.69, 9.17) is 5.73 Å². The van der Waals surface area contributed by atoms with Crippen molar-refractivity contribution in [2.75, 3.05) is 5.73 Å². The molecule has 2 aromatic rings. The van der Waals surface area contributed by atoms with Crippen LogP contribution in [-0.4, -0.2) is 19.9 Å². The predicted molar refractivity (Wildman–Crippen MR) is 52.5 cm³/mol. The number of benzene rings is 1. The quantitative estimate of drug-likeness (QED) is 0.696. The maximum atomic E-state index is 9.28. The Kier molecular flexibility index (Phi) is 1.85. The van der Waals surface area contributed by atoms with E-state index in [2.05, 4.69) is 10.1 Å². The molecule has 0 amide bonds. The Balaban J connectivity index is 2.54. The van der Waals surface area contributed by atoms with Crippen LogP contribution in [0.2, 0.25) is 0 Å². The van der Waals surface area contributed by atoms with Crippen molar-refractivity contribution in [2.24, 2.45) is 7.05 Å². The van der Waals surface area contributed by atoms with Crippen molar-refractivity contribution >= 4 is 5.95 Å². The van der Waals surface area contributed by atoms with Gasteiger partial charge < -0.3 is 10.8 Å². The monoisotopic (exact) mass is 190 g/mol. The van der Waals surface area contributed by atoms with Gasteiger partial charge in [-0.3, -0.25) is 0 Å². The zero-order valence-electron chi connectivity index (χ0n) is 7.68. The minimum absolute atomic E-state index is 0.198. The first-order chi connectivity index (χ1) is 6.66. The fraction of sp³-hybridized carbons (Fsp3) is 0.111. The third kappa shape index (κ3) is 1.39. The third-order valence-corrected chi connectivity index (χ3v) is 1.88. The van der Waals surface area contributed by atoms with Crippen molar-refractivity contribution in [1.82, 2.24) is 14.8 Å². The molecule has 1 aromatic heterocycles. The number of aromatic hydroxyl groups is 1. The summed E-state index contributed by atoms with van der Waals surface area (Å²) < 4.78 is 1.57. The first-order valence-electron chi connectivity index (χ1n) is 4.13. The lowest BCUT2D eigenvalue weighted by molar-refractivity contribution is 0.475. The molecule has 0 radical (unpaired) electrons. The molecule has 5 nitrogen and oxygen atoms in total. The Morgan fingerprint density at radius 1 is 1.43 bits per heavy atom. The highest BCUT2D eigenvalue weighted by Gasteiger charge is 2.07. The van der Waals surface area contributed by atoms with Gasteiger partial charge in [-0.05, 0) is 12.1 Å². The van der Waals surface area contributed by atoms with E-state index in [1.54, 1.807) is 29.9 Å². The maximum Gasteiger partial charge on any atom is 0.240 e. The number of anilines is 1. The first kappa shape index (κ1) is 8.55. The zero-order valence-corrected chi connectivity index (χ0v) is 7.68. The van der Waals surface area contributed by atoms with Gasteiger partial charge in [-0.15, -0.1) is 5.10 Å². The highest BCUT2D eigenvalue weighted by molar-refractivity contribution is 5.58. The van der Waals surface area contributed by atoms with E-state index in [1.807, 2.05) is 6.07 Å². The molecule has 0 saturated carbocycles. The molecule has 0 atom stereocenters. The van der Waals surface area contributed by atoms with E-state index in [9.17, 15) is 5.11 Å². The summed E-state index contributed by atoms with van der Waals surface area (Å²) in [5.74, 6) is 1.06. The van der Waals surface area contributed by atoms with Gasteiger partial charge in [0.25, 0.3) is 0 Å². The van der Waals surface area contributed by atoms with Gasteiger partial charge in [0.05, 0.1) is 0 Å². The lowest BCUT2D eigenvalue weighted by Gasteiger charge is -1.99. The van der Waals surface area contributed by atoms with Crippen LogP contribution in [0.1, 0.15) is 0 Å². The van der Waals surface area contributed by atoms with E-state index in [0.29, 0.717) is 5.82 Å². The van der Waals surface area contributed by atoms with Crippen LogP contribution in [0.15, 0.2) is 24.3 Å². The van der Waals surface area contributed by atoms with Gasteiger partial charge in [0, 0.05) is 12.6 Å². The summed E-state index contributed by atoms with van der Waals surface area (Å²) in [7, 11) is 1.75. The number of nitrogens with two attached hydrogens (primary N) is 1. The van der Waals surface area contributed by atoms with Crippen molar-refractivity contribution in [3.63, 3.8) is 0 Å². The minimum Gasteiger partial charge on any atom is -0.508 e. The highest BCUT2D eigenvalue weighted by atomic mass is 16.3. The number of hydrogen-bond donors (Lipinski definition) is 2. The summed E-state index contributed by atoms with van der Waals surface area (Å²) in [6.07, 6.45) is 0. The second-order valence-corrected chi connectivity index (χ2v) is 2.97. The molecule has 0 unspecified atom stereocenters.